The van der Waals surface area contributed by atoms with E-state index in [9.17, 15) is 0 Å². The van der Waals surface area contributed by atoms with E-state index in [2.05, 4.69) is 5.32 Å². The van der Waals surface area contributed by atoms with Crippen LogP contribution in [0.1, 0.15) is 5.56 Å². The van der Waals surface area contributed by atoms with Crippen LogP contribution in [0.15, 0.2) is 48.5 Å². The van der Waals surface area contributed by atoms with Gasteiger partial charge < -0.3 is 10.1 Å². The molecule has 0 amide bonds. The van der Waals surface area contributed by atoms with Gasteiger partial charge in [-0.1, -0.05) is 35.9 Å². The summed E-state index contributed by atoms with van der Waals surface area (Å²) in [6.07, 6.45) is 0. The molecule has 0 heterocycles. The lowest BCUT2D eigenvalue weighted by Gasteiger charge is -2.10. The van der Waals surface area contributed by atoms with E-state index in [1.165, 1.54) is 5.56 Å². The number of benzene rings is 2. The minimum Gasteiger partial charge on any atom is -0.492 e. The van der Waals surface area contributed by atoms with Gasteiger partial charge in [0.15, 0.2) is 0 Å². The summed E-state index contributed by atoms with van der Waals surface area (Å²) < 4.78 is 5.59. The van der Waals surface area contributed by atoms with Gasteiger partial charge in [-0.15, -0.1) is 0 Å². The molecular weight excluding hydrogens is 246 g/mol. The minimum atomic E-state index is 0.605. The molecule has 18 heavy (non-hydrogen) atoms. The van der Waals surface area contributed by atoms with Gasteiger partial charge in [-0.3, -0.25) is 0 Å². The molecule has 2 aromatic rings. The van der Waals surface area contributed by atoms with Crippen LogP contribution in [0, 0.1) is 6.92 Å². The largest absolute Gasteiger partial charge is 0.492 e. The first kappa shape index (κ1) is 12.8. The smallest absolute Gasteiger partial charge is 0.119 e. The highest BCUT2D eigenvalue weighted by atomic mass is 35.5. The van der Waals surface area contributed by atoms with Crippen molar-refractivity contribution in [2.45, 2.75) is 6.92 Å². The fourth-order valence-corrected chi connectivity index (χ4v) is 1.83. The Bertz CT molecular complexity index is 499. The molecule has 2 aromatic carbocycles. The van der Waals surface area contributed by atoms with E-state index in [-0.39, 0.29) is 0 Å². The molecule has 0 fully saturated rings. The van der Waals surface area contributed by atoms with Gasteiger partial charge in [-0.25, -0.2) is 0 Å². The average molecular weight is 262 g/mol. The maximum Gasteiger partial charge on any atom is 0.119 e. The monoisotopic (exact) mass is 261 g/mol. The number of hydrogen-bond donors (Lipinski definition) is 1. The van der Waals surface area contributed by atoms with Crippen molar-refractivity contribution in [1.29, 1.82) is 0 Å². The predicted octanol–water partition coefficient (Wildman–Crippen LogP) is 4.14. The Labute approximate surface area is 113 Å². The molecule has 2 rings (SSSR count). The lowest BCUT2D eigenvalue weighted by atomic mass is 10.2. The van der Waals surface area contributed by atoms with Crippen LogP contribution in [0.2, 0.25) is 5.02 Å². The highest BCUT2D eigenvalue weighted by Gasteiger charge is 1.99. The topological polar surface area (TPSA) is 21.3 Å². The molecule has 0 saturated carbocycles. The molecule has 0 atom stereocenters. The number of halogens is 1. The highest BCUT2D eigenvalue weighted by Crippen LogP contribution is 2.22. The standard InChI is InChI=1S/C15H16ClNO/c1-12-7-8-14(16)15(11-12)17-9-10-18-13-5-3-2-4-6-13/h2-8,11,17H,9-10H2,1H3. The fraction of sp³-hybridized carbons (Fsp3) is 0.200. The Balaban J connectivity index is 1.80. The van der Waals surface area contributed by atoms with Crippen LogP contribution in [-0.4, -0.2) is 13.2 Å². The Kier molecular flexibility index (Phi) is 4.48. The number of nitrogens with one attached hydrogen (secondary N) is 1. The van der Waals surface area contributed by atoms with E-state index in [0.29, 0.717) is 6.61 Å². The average Bonchev–Trinajstić information content (AvgIpc) is 2.40. The molecule has 0 unspecified atom stereocenters. The van der Waals surface area contributed by atoms with Gasteiger partial charge in [0.1, 0.15) is 12.4 Å². The van der Waals surface area contributed by atoms with E-state index in [4.69, 9.17) is 16.3 Å². The van der Waals surface area contributed by atoms with Crippen LogP contribution >= 0.6 is 11.6 Å². The van der Waals surface area contributed by atoms with Gasteiger partial charge in [0, 0.05) is 6.54 Å². The van der Waals surface area contributed by atoms with E-state index >= 15 is 0 Å². The second kappa shape index (κ2) is 6.31. The molecule has 94 valence electrons. The van der Waals surface area contributed by atoms with Crippen molar-refractivity contribution in [3.63, 3.8) is 0 Å². The molecule has 0 radical (unpaired) electrons. The number of rotatable bonds is 5. The van der Waals surface area contributed by atoms with Crippen molar-refractivity contribution in [1.82, 2.24) is 0 Å². The first-order valence-electron chi connectivity index (χ1n) is 5.93. The van der Waals surface area contributed by atoms with E-state index in [1.807, 2.05) is 55.5 Å². The quantitative estimate of drug-likeness (QED) is 0.817. The normalized spacial score (nSPS) is 10.1. The number of aryl methyl sites for hydroxylation is 1. The third-order valence-corrected chi connectivity index (χ3v) is 2.88. The zero-order chi connectivity index (χ0) is 12.8. The van der Waals surface area contributed by atoms with Crippen molar-refractivity contribution in [2.75, 3.05) is 18.5 Å². The van der Waals surface area contributed by atoms with Crippen LogP contribution in [0.3, 0.4) is 0 Å². The van der Waals surface area contributed by atoms with Gasteiger partial charge in [0.2, 0.25) is 0 Å². The van der Waals surface area contributed by atoms with E-state index in [0.717, 1.165) is 23.0 Å². The predicted molar refractivity (Wildman–Crippen MR) is 76.6 cm³/mol. The van der Waals surface area contributed by atoms with Crippen molar-refractivity contribution in [3.05, 3.63) is 59.1 Å². The number of ether oxygens (including phenoxy) is 1. The maximum atomic E-state index is 6.09. The molecule has 0 aromatic heterocycles. The molecule has 3 heteroatoms. The van der Waals surface area contributed by atoms with E-state index < -0.39 is 0 Å². The fourth-order valence-electron chi connectivity index (χ4n) is 1.65. The molecule has 0 saturated heterocycles. The van der Waals surface area contributed by atoms with Crippen LogP contribution in [-0.2, 0) is 0 Å². The van der Waals surface area contributed by atoms with Gasteiger partial charge >= 0.3 is 0 Å². The van der Waals surface area contributed by atoms with Crippen LogP contribution in [0.25, 0.3) is 0 Å². The molecule has 0 bridgehead atoms. The van der Waals surface area contributed by atoms with Crippen LogP contribution in [0.4, 0.5) is 5.69 Å². The zero-order valence-corrected chi connectivity index (χ0v) is 11.1. The summed E-state index contributed by atoms with van der Waals surface area (Å²) in [4.78, 5) is 0. The molecule has 0 aliphatic carbocycles. The molecule has 0 aliphatic rings. The summed E-state index contributed by atoms with van der Waals surface area (Å²) in [7, 11) is 0. The van der Waals surface area contributed by atoms with Crippen molar-refractivity contribution < 1.29 is 4.74 Å². The Morgan fingerprint density at radius 3 is 2.67 bits per heavy atom. The van der Waals surface area contributed by atoms with Crippen molar-refractivity contribution in [3.8, 4) is 5.75 Å². The van der Waals surface area contributed by atoms with Gasteiger partial charge in [0.05, 0.1) is 10.7 Å². The van der Waals surface area contributed by atoms with Gasteiger partial charge in [-0.05, 0) is 36.8 Å². The summed E-state index contributed by atoms with van der Waals surface area (Å²) in [6, 6.07) is 15.7. The Morgan fingerprint density at radius 1 is 1.11 bits per heavy atom. The zero-order valence-electron chi connectivity index (χ0n) is 10.3. The van der Waals surface area contributed by atoms with Gasteiger partial charge in [0.25, 0.3) is 0 Å². The maximum absolute atomic E-state index is 6.09. The van der Waals surface area contributed by atoms with Crippen LogP contribution in [0.5, 0.6) is 5.75 Å². The lowest BCUT2D eigenvalue weighted by molar-refractivity contribution is 0.333. The Hall–Kier alpha value is -1.67. The molecule has 0 spiro atoms. The molecular formula is C15H16ClNO. The molecule has 0 aliphatic heterocycles. The summed E-state index contributed by atoms with van der Waals surface area (Å²) in [6.45, 7) is 3.37. The Morgan fingerprint density at radius 2 is 1.89 bits per heavy atom. The number of para-hydroxylation sites is 1. The van der Waals surface area contributed by atoms with Crippen molar-refractivity contribution in [2.24, 2.45) is 0 Å². The first-order chi connectivity index (χ1) is 8.75. The third-order valence-electron chi connectivity index (χ3n) is 2.55. The SMILES string of the molecule is Cc1ccc(Cl)c(NCCOc2ccccc2)c1. The van der Waals surface area contributed by atoms with Crippen LogP contribution < -0.4 is 10.1 Å². The van der Waals surface area contributed by atoms with Crippen molar-refractivity contribution >= 4 is 17.3 Å². The van der Waals surface area contributed by atoms with Gasteiger partial charge in [-0.2, -0.15) is 0 Å². The van der Waals surface area contributed by atoms with E-state index in [1.54, 1.807) is 0 Å². The second-order valence-electron chi connectivity index (χ2n) is 4.07. The lowest BCUT2D eigenvalue weighted by Crippen LogP contribution is -2.11. The molecule has 1 N–H and O–H groups in total. The summed E-state index contributed by atoms with van der Waals surface area (Å²) in [5.74, 6) is 0.884. The summed E-state index contributed by atoms with van der Waals surface area (Å²) >= 11 is 6.09. The summed E-state index contributed by atoms with van der Waals surface area (Å²) in [5, 5.41) is 4.00. The first-order valence-corrected chi connectivity index (χ1v) is 6.31. The second-order valence-corrected chi connectivity index (χ2v) is 4.48. The number of anilines is 1. The minimum absolute atomic E-state index is 0.605. The number of hydrogen-bond acceptors (Lipinski definition) is 2. The summed E-state index contributed by atoms with van der Waals surface area (Å²) in [5.41, 5.74) is 2.14. The highest BCUT2D eigenvalue weighted by molar-refractivity contribution is 6.33. The third kappa shape index (κ3) is 3.67. The molecule has 2 nitrogen and oxygen atoms in total.